The lowest BCUT2D eigenvalue weighted by Crippen LogP contribution is -2.34. The molecule has 0 saturated heterocycles. The molecule has 0 bridgehead atoms. The van der Waals surface area contributed by atoms with E-state index in [9.17, 15) is 9.59 Å². The molecular formula is C21H22ClN3O3. The molecule has 2 heterocycles. The van der Waals surface area contributed by atoms with Crippen molar-refractivity contribution in [1.82, 2.24) is 14.5 Å². The third-order valence-electron chi connectivity index (χ3n) is 4.27. The summed E-state index contributed by atoms with van der Waals surface area (Å²) in [6, 6.07) is 10.9. The molecule has 1 N–H and O–H groups in total. The maximum absolute atomic E-state index is 12.6. The summed E-state index contributed by atoms with van der Waals surface area (Å²) in [6.45, 7) is 7.81. The Bertz CT molecular complexity index is 1110. The van der Waals surface area contributed by atoms with Crippen LogP contribution in [0.15, 0.2) is 46.0 Å². The van der Waals surface area contributed by atoms with Crippen molar-refractivity contribution in [3.63, 3.8) is 0 Å². The zero-order valence-corrected chi connectivity index (χ0v) is 17.0. The SMILES string of the molecule is Cc1cc(C)cc(Oc2c(C(C)C)c(=O)[nH]c(=O)n2Cc2cccc(Cl)n2)c1. The lowest BCUT2D eigenvalue weighted by Gasteiger charge is -2.18. The molecule has 7 heteroatoms. The summed E-state index contributed by atoms with van der Waals surface area (Å²) in [5.41, 5.74) is 2.03. The van der Waals surface area contributed by atoms with Gasteiger partial charge in [-0.05, 0) is 55.2 Å². The van der Waals surface area contributed by atoms with Gasteiger partial charge in [0.15, 0.2) is 0 Å². The van der Waals surface area contributed by atoms with Crippen LogP contribution >= 0.6 is 11.6 Å². The summed E-state index contributed by atoms with van der Waals surface area (Å²) in [4.78, 5) is 31.7. The average molecular weight is 400 g/mol. The number of hydrogen-bond acceptors (Lipinski definition) is 4. The predicted octanol–water partition coefficient (Wildman–Crippen LogP) is 4.17. The van der Waals surface area contributed by atoms with Crippen LogP contribution in [0.5, 0.6) is 11.6 Å². The van der Waals surface area contributed by atoms with Crippen molar-refractivity contribution < 1.29 is 4.74 Å². The van der Waals surface area contributed by atoms with Crippen LogP contribution in [0.4, 0.5) is 0 Å². The molecule has 146 valence electrons. The highest BCUT2D eigenvalue weighted by molar-refractivity contribution is 6.29. The largest absolute Gasteiger partial charge is 0.440 e. The summed E-state index contributed by atoms with van der Waals surface area (Å²) >= 11 is 5.97. The van der Waals surface area contributed by atoms with Crippen molar-refractivity contribution in [3.8, 4) is 11.6 Å². The number of benzene rings is 1. The maximum Gasteiger partial charge on any atom is 0.331 e. The molecule has 3 aromatic rings. The quantitative estimate of drug-likeness (QED) is 0.653. The van der Waals surface area contributed by atoms with E-state index >= 15 is 0 Å². The third kappa shape index (κ3) is 4.34. The van der Waals surface area contributed by atoms with E-state index in [1.54, 1.807) is 18.2 Å². The molecule has 2 aromatic heterocycles. The molecule has 0 aliphatic carbocycles. The molecule has 0 aliphatic rings. The number of pyridine rings is 1. The monoisotopic (exact) mass is 399 g/mol. The molecule has 0 atom stereocenters. The number of aromatic amines is 1. The fourth-order valence-electron chi connectivity index (χ4n) is 3.13. The van der Waals surface area contributed by atoms with Gasteiger partial charge in [0.1, 0.15) is 10.9 Å². The third-order valence-corrected chi connectivity index (χ3v) is 4.48. The summed E-state index contributed by atoms with van der Waals surface area (Å²) in [7, 11) is 0. The molecule has 0 spiro atoms. The van der Waals surface area contributed by atoms with Gasteiger partial charge >= 0.3 is 5.69 Å². The van der Waals surface area contributed by atoms with Crippen molar-refractivity contribution in [2.24, 2.45) is 0 Å². The Kier molecular flexibility index (Phi) is 5.70. The van der Waals surface area contributed by atoms with E-state index in [1.807, 2.05) is 45.9 Å². The van der Waals surface area contributed by atoms with Crippen LogP contribution in [0.25, 0.3) is 0 Å². The normalized spacial score (nSPS) is 11.1. The minimum Gasteiger partial charge on any atom is -0.440 e. The van der Waals surface area contributed by atoms with Crippen LogP contribution in [-0.2, 0) is 6.54 Å². The molecule has 0 unspecified atom stereocenters. The Morgan fingerprint density at radius 3 is 2.43 bits per heavy atom. The minimum absolute atomic E-state index is 0.121. The molecule has 6 nitrogen and oxygen atoms in total. The lowest BCUT2D eigenvalue weighted by molar-refractivity contribution is 0.409. The summed E-state index contributed by atoms with van der Waals surface area (Å²) < 4.78 is 7.49. The average Bonchev–Trinajstić information content (AvgIpc) is 2.57. The molecule has 3 rings (SSSR count). The highest BCUT2D eigenvalue weighted by Gasteiger charge is 2.20. The van der Waals surface area contributed by atoms with E-state index in [0.29, 0.717) is 22.2 Å². The zero-order chi connectivity index (χ0) is 20.4. The highest BCUT2D eigenvalue weighted by atomic mass is 35.5. The standard InChI is InChI=1S/C21H22ClN3O3/c1-12(2)18-19(26)24-21(27)25(11-15-6-5-7-17(22)23-15)20(18)28-16-9-13(3)8-14(4)10-16/h5-10,12H,11H2,1-4H3,(H,24,26,27). The van der Waals surface area contributed by atoms with Gasteiger partial charge < -0.3 is 4.74 Å². The second kappa shape index (κ2) is 8.02. The van der Waals surface area contributed by atoms with E-state index in [-0.39, 0.29) is 18.3 Å². The Morgan fingerprint density at radius 1 is 1.14 bits per heavy atom. The van der Waals surface area contributed by atoms with Crippen molar-refractivity contribution in [2.75, 3.05) is 0 Å². The number of ether oxygens (including phenoxy) is 1. The topological polar surface area (TPSA) is 77.0 Å². The number of halogens is 1. The van der Waals surface area contributed by atoms with Crippen LogP contribution in [0, 0.1) is 13.8 Å². The summed E-state index contributed by atoms with van der Waals surface area (Å²) in [5.74, 6) is 0.636. The van der Waals surface area contributed by atoms with Crippen LogP contribution in [0.2, 0.25) is 5.15 Å². The van der Waals surface area contributed by atoms with Crippen LogP contribution in [0.1, 0.15) is 42.1 Å². The Morgan fingerprint density at radius 2 is 1.82 bits per heavy atom. The van der Waals surface area contributed by atoms with Gasteiger partial charge in [0.25, 0.3) is 5.56 Å². The number of hydrogen-bond donors (Lipinski definition) is 1. The second-order valence-electron chi connectivity index (χ2n) is 7.10. The fraction of sp³-hybridized carbons (Fsp3) is 0.286. The number of aromatic nitrogens is 3. The van der Waals surface area contributed by atoms with E-state index < -0.39 is 11.2 Å². The minimum atomic E-state index is -0.560. The van der Waals surface area contributed by atoms with Gasteiger partial charge in [0.05, 0.1) is 17.8 Å². The van der Waals surface area contributed by atoms with E-state index in [2.05, 4.69) is 9.97 Å². The molecule has 1 aromatic carbocycles. The Labute approximate surface area is 167 Å². The fourth-order valence-corrected chi connectivity index (χ4v) is 3.31. The zero-order valence-electron chi connectivity index (χ0n) is 16.2. The smallest absolute Gasteiger partial charge is 0.331 e. The molecule has 0 amide bonds. The number of H-pyrrole nitrogens is 1. The van der Waals surface area contributed by atoms with E-state index in [1.165, 1.54) is 4.57 Å². The highest BCUT2D eigenvalue weighted by Crippen LogP contribution is 2.28. The first-order valence-corrected chi connectivity index (χ1v) is 9.37. The van der Waals surface area contributed by atoms with Crippen molar-refractivity contribution in [1.29, 1.82) is 0 Å². The molecule has 0 fully saturated rings. The van der Waals surface area contributed by atoms with Crippen molar-refractivity contribution in [2.45, 2.75) is 40.2 Å². The van der Waals surface area contributed by atoms with E-state index in [0.717, 1.165) is 11.1 Å². The molecule has 0 saturated carbocycles. The van der Waals surface area contributed by atoms with Gasteiger partial charge in [-0.15, -0.1) is 0 Å². The van der Waals surface area contributed by atoms with Gasteiger partial charge in [-0.1, -0.05) is 37.6 Å². The van der Waals surface area contributed by atoms with Crippen LogP contribution in [0.3, 0.4) is 0 Å². The van der Waals surface area contributed by atoms with Gasteiger partial charge in [0, 0.05) is 0 Å². The van der Waals surface area contributed by atoms with E-state index in [4.69, 9.17) is 16.3 Å². The Hall–Kier alpha value is -2.86. The number of nitrogens with one attached hydrogen (secondary N) is 1. The lowest BCUT2D eigenvalue weighted by atomic mass is 10.1. The van der Waals surface area contributed by atoms with Gasteiger partial charge in [-0.2, -0.15) is 0 Å². The first kappa shape index (κ1) is 19.9. The predicted molar refractivity (Wildman–Crippen MR) is 110 cm³/mol. The summed E-state index contributed by atoms with van der Waals surface area (Å²) in [6.07, 6.45) is 0. The van der Waals surface area contributed by atoms with Gasteiger partial charge in [-0.25, -0.2) is 9.78 Å². The maximum atomic E-state index is 12.6. The Balaban J connectivity index is 2.19. The molecule has 0 aliphatic heterocycles. The first-order valence-electron chi connectivity index (χ1n) is 8.99. The van der Waals surface area contributed by atoms with Crippen LogP contribution in [-0.4, -0.2) is 14.5 Å². The second-order valence-corrected chi connectivity index (χ2v) is 7.48. The number of aryl methyl sites for hydroxylation is 2. The van der Waals surface area contributed by atoms with Crippen LogP contribution < -0.4 is 16.0 Å². The molecular weight excluding hydrogens is 378 g/mol. The van der Waals surface area contributed by atoms with Crippen molar-refractivity contribution in [3.05, 3.63) is 84.8 Å². The van der Waals surface area contributed by atoms with Gasteiger partial charge in [0.2, 0.25) is 5.88 Å². The number of rotatable bonds is 5. The van der Waals surface area contributed by atoms with Crippen molar-refractivity contribution >= 4 is 11.6 Å². The number of nitrogens with zero attached hydrogens (tertiary/aromatic N) is 2. The molecule has 28 heavy (non-hydrogen) atoms. The molecule has 0 radical (unpaired) electrons. The summed E-state index contributed by atoms with van der Waals surface area (Å²) in [5, 5.41) is 0.329. The van der Waals surface area contributed by atoms with Gasteiger partial charge in [-0.3, -0.25) is 14.3 Å². The first-order chi connectivity index (χ1) is 13.2.